The van der Waals surface area contributed by atoms with Crippen molar-refractivity contribution in [1.82, 2.24) is 9.78 Å². The number of aryl methyl sites for hydroxylation is 2. The normalized spacial score (nSPS) is 12.5. The van der Waals surface area contributed by atoms with Gasteiger partial charge in [-0.1, -0.05) is 48.5 Å². The molecule has 0 fully saturated rings. The first-order chi connectivity index (χ1) is 11.7. The van der Waals surface area contributed by atoms with Crippen LogP contribution in [-0.4, -0.2) is 21.7 Å². The van der Waals surface area contributed by atoms with Crippen LogP contribution in [-0.2, 0) is 7.05 Å². The molecular weight excluding hydrogens is 296 g/mol. The summed E-state index contributed by atoms with van der Waals surface area (Å²) in [6.45, 7) is 4.02. The lowest BCUT2D eigenvalue weighted by Crippen LogP contribution is -1.97. The van der Waals surface area contributed by atoms with Gasteiger partial charge in [0.15, 0.2) is 0 Å². The van der Waals surface area contributed by atoms with E-state index in [-0.39, 0.29) is 0 Å². The summed E-state index contributed by atoms with van der Waals surface area (Å²) < 4.78 is 1.87. The van der Waals surface area contributed by atoms with Gasteiger partial charge in [-0.15, -0.1) is 5.10 Å². The van der Waals surface area contributed by atoms with E-state index >= 15 is 0 Å². The van der Waals surface area contributed by atoms with Crippen LogP contribution in [0.1, 0.15) is 28.1 Å². The molecular formula is C20H18N4. The molecule has 1 aliphatic rings. The molecule has 4 nitrogen and oxygen atoms in total. The molecule has 0 amide bonds. The summed E-state index contributed by atoms with van der Waals surface area (Å²) in [5, 5.41) is 13.3. The molecule has 4 rings (SSSR count). The van der Waals surface area contributed by atoms with E-state index in [1.54, 1.807) is 6.21 Å². The summed E-state index contributed by atoms with van der Waals surface area (Å²) in [6.07, 6.45) is 1.80. The molecule has 118 valence electrons. The highest BCUT2D eigenvalue weighted by Gasteiger charge is 2.23. The zero-order chi connectivity index (χ0) is 16.7. The minimum Gasteiger partial charge on any atom is -0.272 e. The topological polar surface area (TPSA) is 42.5 Å². The van der Waals surface area contributed by atoms with E-state index in [9.17, 15) is 0 Å². The van der Waals surface area contributed by atoms with Gasteiger partial charge >= 0.3 is 0 Å². The Morgan fingerprint density at radius 1 is 0.875 bits per heavy atom. The molecule has 0 aliphatic heterocycles. The first-order valence-corrected chi connectivity index (χ1v) is 7.97. The van der Waals surface area contributed by atoms with E-state index in [1.165, 1.54) is 11.1 Å². The second-order valence-electron chi connectivity index (χ2n) is 5.99. The van der Waals surface area contributed by atoms with Gasteiger partial charge in [0.25, 0.3) is 0 Å². The molecule has 0 radical (unpaired) electrons. The number of nitrogens with zero attached hydrogens (tertiary/aromatic N) is 4. The number of aromatic nitrogens is 2. The summed E-state index contributed by atoms with van der Waals surface area (Å²) in [7, 11) is 1.94. The van der Waals surface area contributed by atoms with Crippen LogP contribution in [0.3, 0.4) is 0 Å². The highest BCUT2D eigenvalue weighted by atomic mass is 15.3. The van der Waals surface area contributed by atoms with Crippen molar-refractivity contribution in [1.29, 1.82) is 0 Å². The fraction of sp³-hybridized carbons (Fsp3) is 0.150. The predicted molar refractivity (Wildman–Crippen MR) is 97.8 cm³/mol. The first-order valence-electron chi connectivity index (χ1n) is 7.97. The van der Waals surface area contributed by atoms with Crippen LogP contribution in [0.4, 0.5) is 0 Å². The third-order valence-electron chi connectivity index (χ3n) is 4.56. The molecule has 0 atom stereocenters. The van der Waals surface area contributed by atoms with Crippen molar-refractivity contribution in [2.24, 2.45) is 17.3 Å². The average molecular weight is 314 g/mol. The van der Waals surface area contributed by atoms with Crippen LogP contribution in [0.2, 0.25) is 0 Å². The lowest BCUT2D eigenvalue weighted by Gasteiger charge is -1.98. The Labute approximate surface area is 141 Å². The van der Waals surface area contributed by atoms with Crippen molar-refractivity contribution >= 4 is 11.9 Å². The molecule has 1 aromatic heterocycles. The lowest BCUT2D eigenvalue weighted by molar-refractivity contribution is 0.731. The molecule has 1 aliphatic carbocycles. The van der Waals surface area contributed by atoms with E-state index in [1.807, 2.05) is 37.7 Å². The van der Waals surface area contributed by atoms with Gasteiger partial charge in [-0.3, -0.25) is 4.68 Å². The van der Waals surface area contributed by atoms with Crippen molar-refractivity contribution in [3.8, 4) is 11.1 Å². The third kappa shape index (κ3) is 2.19. The van der Waals surface area contributed by atoms with Gasteiger partial charge in [0, 0.05) is 29.4 Å². The van der Waals surface area contributed by atoms with E-state index in [2.05, 4.69) is 51.7 Å². The van der Waals surface area contributed by atoms with Gasteiger partial charge in [0.1, 0.15) is 5.71 Å². The van der Waals surface area contributed by atoms with Crippen LogP contribution in [0.25, 0.3) is 11.1 Å². The van der Waals surface area contributed by atoms with Crippen molar-refractivity contribution in [2.45, 2.75) is 13.8 Å². The molecule has 24 heavy (non-hydrogen) atoms. The molecule has 2 aromatic carbocycles. The van der Waals surface area contributed by atoms with Crippen LogP contribution in [0.15, 0.2) is 58.7 Å². The zero-order valence-electron chi connectivity index (χ0n) is 14.0. The molecule has 0 N–H and O–H groups in total. The van der Waals surface area contributed by atoms with Gasteiger partial charge in [0.2, 0.25) is 0 Å². The predicted octanol–water partition coefficient (Wildman–Crippen LogP) is 3.89. The zero-order valence-corrected chi connectivity index (χ0v) is 14.0. The maximum atomic E-state index is 4.54. The highest BCUT2D eigenvalue weighted by Crippen LogP contribution is 2.36. The fourth-order valence-electron chi connectivity index (χ4n) is 3.22. The average Bonchev–Trinajstić information content (AvgIpc) is 3.04. The molecule has 0 bridgehead atoms. The molecule has 3 aromatic rings. The van der Waals surface area contributed by atoms with Crippen LogP contribution < -0.4 is 0 Å². The second kappa shape index (κ2) is 5.57. The number of fused-ring (bicyclic) bond motifs is 3. The van der Waals surface area contributed by atoms with E-state index < -0.39 is 0 Å². The maximum absolute atomic E-state index is 4.54. The SMILES string of the molecule is Cc1nn(C)c(C)c1/C=N\N=C1c2ccccc2-c2ccccc21. The van der Waals surface area contributed by atoms with Gasteiger partial charge < -0.3 is 0 Å². The van der Waals surface area contributed by atoms with Gasteiger partial charge in [-0.25, -0.2) is 0 Å². The Hall–Kier alpha value is -3.01. The van der Waals surface area contributed by atoms with E-state index in [4.69, 9.17) is 0 Å². The quantitative estimate of drug-likeness (QED) is 0.409. The van der Waals surface area contributed by atoms with Gasteiger partial charge in [-0.05, 0) is 25.0 Å². The Bertz CT molecular complexity index is 945. The van der Waals surface area contributed by atoms with Gasteiger partial charge in [0.05, 0.1) is 11.9 Å². The summed E-state index contributed by atoms with van der Waals surface area (Å²) in [6, 6.07) is 16.7. The maximum Gasteiger partial charge on any atom is 0.101 e. The number of hydrogen-bond donors (Lipinski definition) is 0. The molecule has 0 saturated heterocycles. The largest absolute Gasteiger partial charge is 0.272 e. The van der Waals surface area contributed by atoms with Crippen molar-refractivity contribution in [3.05, 3.63) is 76.6 Å². The number of hydrogen-bond acceptors (Lipinski definition) is 3. The summed E-state index contributed by atoms with van der Waals surface area (Å²) in [4.78, 5) is 0. The number of benzene rings is 2. The van der Waals surface area contributed by atoms with Crippen LogP contribution in [0, 0.1) is 13.8 Å². The van der Waals surface area contributed by atoms with Crippen molar-refractivity contribution in [3.63, 3.8) is 0 Å². The van der Waals surface area contributed by atoms with Crippen LogP contribution >= 0.6 is 0 Å². The van der Waals surface area contributed by atoms with E-state index in [0.717, 1.165) is 33.8 Å². The lowest BCUT2D eigenvalue weighted by atomic mass is 10.1. The highest BCUT2D eigenvalue weighted by molar-refractivity contribution is 6.24. The summed E-state index contributed by atoms with van der Waals surface area (Å²) in [5.41, 5.74) is 8.71. The summed E-state index contributed by atoms with van der Waals surface area (Å²) in [5.74, 6) is 0. The minimum absolute atomic E-state index is 0.927. The standard InChI is InChI=1S/C20H18N4/c1-13-19(14(2)24(3)23-13)12-21-22-20-17-10-6-4-8-15(17)16-9-5-7-11-18(16)20/h4-12H,1-3H3/b21-12-. The molecule has 4 heteroatoms. The second-order valence-corrected chi connectivity index (χ2v) is 5.99. The minimum atomic E-state index is 0.927. The monoisotopic (exact) mass is 314 g/mol. The first kappa shape index (κ1) is 14.6. The molecule has 0 spiro atoms. The Balaban J connectivity index is 1.79. The van der Waals surface area contributed by atoms with Crippen molar-refractivity contribution in [2.75, 3.05) is 0 Å². The Morgan fingerprint density at radius 3 is 1.92 bits per heavy atom. The smallest absolute Gasteiger partial charge is 0.101 e. The van der Waals surface area contributed by atoms with Gasteiger partial charge in [-0.2, -0.15) is 10.2 Å². The van der Waals surface area contributed by atoms with E-state index in [0.29, 0.717) is 0 Å². The van der Waals surface area contributed by atoms with Crippen LogP contribution in [0.5, 0.6) is 0 Å². The third-order valence-corrected chi connectivity index (χ3v) is 4.56. The Kier molecular flexibility index (Phi) is 3.38. The van der Waals surface area contributed by atoms with Crippen molar-refractivity contribution < 1.29 is 0 Å². The molecule has 0 unspecified atom stereocenters. The fourth-order valence-corrected chi connectivity index (χ4v) is 3.22. The number of rotatable bonds is 2. The Morgan fingerprint density at radius 2 is 1.42 bits per heavy atom. The summed E-state index contributed by atoms with van der Waals surface area (Å²) >= 11 is 0. The molecule has 0 saturated carbocycles. The molecule has 1 heterocycles.